The van der Waals surface area contributed by atoms with Gasteiger partial charge in [-0.15, -0.1) is 0 Å². The largest absolute Gasteiger partial charge is 0.356 e. The summed E-state index contributed by atoms with van der Waals surface area (Å²) in [5.41, 5.74) is 2.13. The topological polar surface area (TPSA) is 53.9 Å². The van der Waals surface area contributed by atoms with E-state index in [1.807, 2.05) is 25.3 Å². The van der Waals surface area contributed by atoms with Gasteiger partial charge in [-0.25, -0.2) is 4.98 Å². The third-order valence-corrected chi connectivity index (χ3v) is 3.94. The summed E-state index contributed by atoms with van der Waals surface area (Å²) in [6.45, 7) is 4.91. The maximum atomic E-state index is 4.70. The summed E-state index contributed by atoms with van der Waals surface area (Å²) < 4.78 is 0. The standard InChI is InChI=1S/C17H23N5/c1-14-11-16(22-9-4-2-3-5-10-22)21-17(20-14)19-13-15-7-6-8-18-12-15/h6-8,11-12H,2-5,9-10,13H2,1H3,(H,19,20,21). The first kappa shape index (κ1) is 14.8. The number of hydrogen-bond acceptors (Lipinski definition) is 5. The Labute approximate surface area is 131 Å². The number of nitrogens with one attached hydrogen (secondary N) is 1. The number of aryl methyl sites for hydroxylation is 1. The predicted octanol–water partition coefficient (Wildman–Crippen LogP) is 3.17. The molecule has 0 unspecified atom stereocenters. The molecule has 0 aliphatic carbocycles. The molecule has 0 atom stereocenters. The highest BCUT2D eigenvalue weighted by molar-refractivity contribution is 5.45. The van der Waals surface area contributed by atoms with Crippen LogP contribution in [0.2, 0.25) is 0 Å². The molecule has 1 aliphatic rings. The highest BCUT2D eigenvalue weighted by Crippen LogP contribution is 2.19. The second-order valence-corrected chi connectivity index (χ2v) is 5.81. The Morgan fingerprint density at radius 2 is 1.95 bits per heavy atom. The molecule has 1 saturated heterocycles. The Bertz CT molecular complexity index is 591. The van der Waals surface area contributed by atoms with E-state index in [2.05, 4.69) is 26.3 Å². The van der Waals surface area contributed by atoms with E-state index in [0.717, 1.165) is 30.2 Å². The van der Waals surface area contributed by atoms with E-state index in [9.17, 15) is 0 Å². The molecular formula is C17H23N5. The normalized spacial score (nSPS) is 15.4. The van der Waals surface area contributed by atoms with Crippen molar-refractivity contribution in [2.24, 2.45) is 0 Å². The minimum Gasteiger partial charge on any atom is -0.356 e. The van der Waals surface area contributed by atoms with Crippen molar-refractivity contribution < 1.29 is 0 Å². The number of nitrogens with zero attached hydrogens (tertiary/aromatic N) is 4. The Kier molecular flexibility index (Phi) is 4.83. The molecule has 3 heterocycles. The molecule has 22 heavy (non-hydrogen) atoms. The second-order valence-electron chi connectivity index (χ2n) is 5.81. The van der Waals surface area contributed by atoms with Crippen LogP contribution in [0.4, 0.5) is 11.8 Å². The fraction of sp³-hybridized carbons (Fsp3) is 0.471. The lowest BCUT2D eigenvalue weighted by atomic mass is 10.2. The zero-order chi connectivity index (χ0) is 15.2. The smallest absolute Gasteiger partial charge is 0.225 e. The van der Waals surface area contributed by atoms with Crippen LogP contribution in [0.5, 0.6) is 0 Å². The van der Waals surface area contributed by atoms with Gasteiger partial charge in [-0.1, -0.05) is 18.9 Å². The van der Waals surface area contributed by atoms with Crippen molar-refractivity contribution in [1.82, 2.24) is 15.0 Å². The molecule has 116 valence electrons. The van der Waals surface area contributed by atoms with E-state index in [-0.39, 0.29) is 0 Å². The van der Waals surface area contributed by atoms with Crippen molar-refractivity contribution in [3.63, 3.8) is 0 Å². The van der Waals surface area contributed by atoms with Gasteiger partial charge in [-0.05, 0) is 31.4 Å². The molecule has 0 bridgehead atoms. The first-order chi connectivity index (χ1) is 10.8. The summed E-state index contributed by atoms with van der Waals surface area (Å²) in [5, 5.41) is 3.31. The van der Waals surface area contributed by atoms with Crippen LogP contribution in [0.3, 0.4) is 0 Å². The van der Waals surface area contributed by atoms with Crippen LogP contribution in [0.15, 0.2) is 30.6 Å². The molecule has 0 radical (unpaired) electrons. The van der Waals surface area contributed by atoms with E-state index in [0.29, 0.717) is 12.5 Å². The van der Waals surface area contributed by atoms with E-state index >= 15 is 0 Å². The van der Waals surface area contributed by atoms with Crippen molar-refractivity contribution in [2.45, 2.75) is 39.2 Å². The van der Waals surface area contributed by atoms with Gasteiger partial charge >= 0.3 is 0 Å². The summed E-state index contributed by atoms with van der Waals surface area (Å²) in [4.78, 5) is 15.7. The van der Waals surface area contributed by atoms with Crippen molar-refractivity contribution in [3.05, 3.63) is 41.9 Å². The number of aromatic nitrogens is 3. The molecule has 1 aliphatic heterocycles. The van der Waals surface area contributed by atoms with Crippen LogP contribution in [-0.2, 0) is 6.54 Å². The van der Waals surface area contributed by atoms with Gasteiger partial charge in [0.15, 0.2) is 0 Å². The van der Waals surface area contributed by atoms with Crippen molar-refractivity contribution >= 4 is 11.8 Å². The SMILES string of the molecule is Cc1cc(N2CCCCCC2)nc(NCc2cccnc2)n1. The Balaban J connectivity index is 1.71. The monoisotopic (exact) mass is 297 g/mol. The number of hydrogen-bond donors (Lipinski definition) is 1. The number of rotatable bonds is 4. The second kappa shape index (κ2) is 7.20. The minimum absolute atomic E-state index is 0.691. The van der Waals surface area contributed by atoms with Gasteiger partial charge in [0.25, 0.3) is 0 Å². The van der Waals surface area contributed by atoms with Crippen LogP contribution in [0, 0.1) is 6.92 Å². The van der Waals surface area contributed by atoms with Gasteiger partial charge in [0.05, 0.1) is 0 Å². The average molecular weight is 297 g/mol. The number of anilines is 2. The van der Waals surface area contributed by atoms with E-state index in [1.165, 1.54) is 25.7 Å². The predicted molar refractivity (Wildman–Crippen MR) is 89.0 cm³/mol. The molecule has 2 aromatic rings. The first-order valence-electron chi connectivity index (χ1n) is 8.05. The molecule has 3 rings (SSSR count). The fourth-order valence-electron chi connectivity index (χ4n) is 2.78. The molecule has 0 amide bonds. The summed E-state index contributed by atoms with van der Waals surface area (Å²) in [6.07, 6.45) is 8.80. The summed E-state index contributed by atoms with van der Waals surface area (Å²) in [5.74, 6) is 1.74. The van der Waals surface area contributed by atoms with Crippen molar-refractivity contribution in [3.8, 4) is 0 Å². The first-order valence-corrected chi connectivity index (χ1v) is 8.05. The Morgan fingerprint density at radius 3 is 2.68 bits per heavy atom. The van der Waals surface area contributed by atoms with Gasteiger partial charge < -0.3 is 10.2 Å². The van der Waals surface area contributed by atoms with E-state index in [4.69, 9.17) is 4.98 Å². The van der Waals surface area contributed by atoms with Crippen LogP contribution in [-0.4, -0.2) is 28.0 Å². The van der Waals surface area contributed by atoms with Gasteiger partial charge in [0, 0.05) is 43.8 Å². The van der Waals surface area contributed by atoms with Crippen LogP contribution in [0.25, 0.3) is 0 Å². The molecule has 0 saturated carbocycles. The lowest BCUT2D eigenvalue weighted by Crippen LogP contribution is -2.25. The summed E-state index contributed by atoms with van der Waals surface area (Å²) in [7, 11) is 0. The molecule has 2 aromatic heterocycles. The third-order valence-electron chi connectivity index (χ3n) is 3.94. The molecule has 1 fully saturated rings. The average Bonchev–Trinajstić information content (AvgIpc) is 2.83. The molecule has 0 spiro atoms. The lowest BCUT2D eigenvalue weighted by molar-refractivity contribution is 0.726. The quantitative estimate of drug-likeness (QED) is 0.939. The molecular weight excluding hydrogens is 274 g/mol. The van der Waals surface area contributed by atoms with Crippen LogP contribution >= 0.6 is 0 Å². The van der Waals surface area contributed by atoms with Gasteiger partial charge in [-0.2, -0.15) is 4.98 Å². The number of pyridine rings is 1. The van der Waals surface area contributed by atoms with Gasteiger partial charge in [0.2, 0.25) is 5.95 Å². The van der Waals surface area contributed by atoms with Crippen LogP contribution < -0.4 is 10.2 Å². The molecule has 5 heteroatoms. The van der Waals surface area contributed by atoms with Crippen molar-refractivity contribution in [2.75, 3.05) is 23.3 Å². The van der Waals surface area contributed by atoms with E-state index in [1.54, 1.807) is 6.20 Å². The zero-order valence-corrected chi connectivity index (χ0v) is 13.1. The highest BCUT2D eigenvalue weighted by Gasteiger charge is 2.12. The lowest BCUT2D eigenvalue weighted by Gasteiger charge is -2.22. The van der Waals surface area contributed by atoms with E-state index < -0.39 is 0 Å². The molecule has 0 aromatic carbocycles. The fourth-order valence-corrected chi connectivity index (χ4v) is 2.78. The van der Waals surface area contributed by atoms with Gasteiger partial charge in [-0.3, -0.25) is 4.98 Å². The minimum atomic E-state index is 0.691. The Hall–Kier alpha value is -2.17. The molecule has 5 nitrogen and oxygen atoms in total. The third kappa shape index (κ3) is 3.93. The maximum absolute atomic E-state index is 4.70. The summed E-state index contributed by atoms with van der Waals surface area (Å²) in [6, 6.07) is 6.07. The zero-order valence-electron chi connectivity index (χ0n) is 13.1. The van der Waals surface area contributed by atoms with Crippen molar-refractivity contribution in [1.29, 1.82) is 0 Å². The van der Waals surface area contributed by atoms with Gasteiger partial charge in [0.1, 0.15) is 5.82 Å². The van der Waals surface area contributed by atoms with Crippen LogP contribution in [0.1, 0.15) is 36.9 Å². The maximum Gasteiger partial charge on any atom is 0.225 e. The molecule has 1 N–H and O–H groups in total. The highest BCUT2D eigenvalue weighted by atomic mass is 15.2. The summed E-state index contributed by atoms with van der Waals surface area (Å²) >= 11 is 0. The Morgan fingerprint density at radius 1 is 1.14 bits per heavy atom.